The maximum atomic E-state index is 11.7. The van der Waals surface area contributed by atoms with Crippen molar-refractivity contribution < 1.29 is 9.53 Å². The first-order chi connectivity index (χ1) is 10.5. The molecule has 0 saturated carbocycles. The van der Waals surface area contributed by atoms with E-state index in [2.05, 4.69) is 28.6 Å². The predicted molar refractivity (Wildman–Crippen MR) is 88.1 cm³/mol. The molecule has 2 aliphatic rings. The van der Waals surface area contributed by atoms with Crippen molar-refractivity contribution in [2.75, 3.05) is 40.3 Å². The SMILES string of the molecule is Cc1ccsc1CN1C[C@@H]2[C@@H](CNC(=O)N(C)C)CO[C@@H]2C1. The normalized spacial score (nSPS) is 27.9. The van der Waals surface area contributed by atoms with E-state index >= 15 is 0 Å². The minimum absolute atomic E-state index is 0.0208. The predicted octanol–water partition coefficient (Wildman–Crippen LogP) is 1.77. The largest absolute Gasteiger partial charge is 0.376 e. The quantitative estimate of drug-likeness (QED) is 0.918. The molecule has 2 saturated heterocycles. The Balaban J connectivity index is 1.52. The van der Waals surface area contributed by atoms with Crippen LogP contribution in [0.5, 0.6) is 0 Å². The fraction of sp³-hybridized carbons (Fsp3) is 0.688. The van der Waals surface area contributed by atoms with Gasteiger partial charge in [-0.3, -0.25) is 4.90 Å². The number of nitrogens with one attached hydrogen (secondary N) is 1. The summed E-state index contributed by atoms with van der Waals surface area (Å²) in [6, 6.07) is 2.17. The van der Waals surface area contributed by atoms with Crippen LogP contribution in [-0.4, -0.2) is 62.3 Å². The molecule has 2 amide bonds. The van der Waals surface area contributed by atoms with E-state index in [1.807, 2.05) is 11.3 Å². The Kier molecular flexibility index (Phi) is 4.70. The van der Waals surface area contributed by atoms with E-state index in [1.165, 1.54) is 10.4 Å². The van der Waals surface area contributed by atoms with Crippen molar-refractivity contribution in [1.82, 2.24) is 15.1 Å². The number of carbonyl (C=O) groups is 1. The molecule has 1 N–H and O–H groups in total. The molecule has 2 fully saturated rings. The Bertz CT molecular complexity index is 531. The van der Waals surface area contributed by atoms with Crippen LogP contribution in [0.1, 0.15) is 10.4 Å². The average molecular weight is 323 g/mol. The molecule has 122 valence electrons. The van der Waals surface area contributed by atoms with Crippen LogP contribution in [0, 0.1) is 18.8 Å². The Morgan fingerprint density at radius 3 is 3.00 bits per heavy atom. The lowest BCUT2D eigenvalue weighted by molar-refractivity contribution is 0.0941. The number of thiophene rings is 1. The van der Waals surface area contributed by atoms with Crippen molar-refractivity contribution in [3.05, 3.63) is 21.9 Å². The molecule has 1 aromatic heterocycles. The summed E-state index contributed by atoms with van der Waals surface area (Å²) in [5.41, 5.74) is 1.39. The maximum absolute atomic E-state index is 11.7. The Morgan fingerprint density at radius 2 is 2.32 bits per heavy atom. The molecule has 3 rings (SSSR count). The smallest absolute Gasteiger partial charge is 0.316 e. The van der Waals surface area contributed by atoms with E-state index in [1.54, 1.807) is 19.0 Å². The number of rotatable bonds is 4. The average Bonchev–Trinajstić information content (AvgIpc) is 3.14. The molecule has 0 unspecified atom stereocenters. The summed E-state index contributed by atoms with van der Waals surface area (Å²) in [7, 11) is 3.54. The second-order valence-corrected chi connectivity index (χ2v) is 7.60. The van der Waals surface area contributed by atoms with Gasteiger partial charge in [0.15, 0.2) is 0 Å². The highest BCUT2D eigenvalue weighted by Gasteiger charge is 2.43. The molecule has 0 bridgehead atoms. The van der Waals surface area contributed by atoms with Crippen molar-refractivity contribution in [1.29, 1.82) is 0 Å². The fourth-order valence-corrected chi connectivity index (χ4v) is 4.31. The number of urea groups is 1. The molecule has 6 heteroatoms. The van der Waals surface area contributed by atoms with E-state index in [4.69, 9.17) is 4.74 Å². The lowest BCUT2D eigenvalue weighted by Gasteiger charge is -2.20. The summed E-state index contributed by atoms with van der Waals surface area (Å²) in [5.74, 6) is 0.978. The summed E-state index contributed by atoms with van der Waals surface area (Å²) in [6.07, 6.45) is 0.335. The molecule has 0 radical (unpaired) electrons. The zero-order valence-corrected chi connectivity index (χ0v) is 14.4. The van der Waals surface area contributed by atoms with Crippen LogP contribution in [-0.2, 0) is 11.3 Å². The number of aryl methyl sites for hydroxylation is 1. The van der Waals surface area contributed by atoms with Gasteiger partial charge in [0.1, 0.15) is 0 Å². The molecule has 3 heterocycles. The Hall–Kier alpha value is -1.11. The van der Waals surface area contributed by atoms with Crippen LogP contribution in [0.25, 0.3) is 0 Å². The molecule has 0 aromatic carbocycles. The van der Waals surface area contributed by atoms with Crippen LogP contribution in [0.15, 0.2) is 11.4 Å². The van der Waals surface area contributed by atoms with Crippen molar-refractivity contribution in [3.63, 3.8) is 0 Å². The molecule has 22 heavy (non-hydrogen) atoms. The lowest BCUT2D eigenvalue weighted by atomic mass is 9.93. The van der Waals surface area contributed by atoms with Gasteiger partial charge in [-0.2, -0.15) is 0 Å². The molecule has 3 atom stereocenters. The minimum atomic E-state index is -0.0208. The maximum Gasteiger partial charge on any atom is 0.316 e. The summed E-state index contributed by atoms with van der Waals surface area (Å²) in [4.78, 5) is 17.2. The summed E-state index contributed by atoms with van der Waals surface area (Å²) >= 11 is 1.84. The first kappa shape index (κ1) is 15.8. The summed E-state index contributed by atoms with van der Waals surface area (Å²) in [5, 5.41) is 5.16. The molecular formula is C16H25N3O2S. The zero-order chi connectivity index (χ0) is 15.7. The number of ether oxygens (including phenoxy) is 1. The summed E-state index contributed by atoms with van der Waals surface area (Å²) in [6.45, 7) is 6.78. The van der Waals surface area contributed by atoms with Gasteiger partial charge in [0.2, 0.25) is 0 Å². The highest BCUT2D eigenvalue weighted by atomic mass is 32.1. The van der Waals surface area contributed by atoms with Crippen LogP contribution >= 0.6 is 11.3 Å². The van der Waals surface area contributed by atoms with E-state index in [-0.39, 0.29) is 6.03 Å². The van der Waals surface area contributed by atoms with Crippen LogP contribution in [0.3, 0.4) is 0 Å². The van der Waals surface area contributed by atoms with Crippen molar-refractivity contribution in [2.45, 2.75) is 19.6 Å². The number of likely N-dealkylation sites (tertiary alicyclic amines) is 1. The van der Waals surface area contributed by atoms with Crippen LogP contribution in [0.2, 0.25) is 0 Å². The Morgan fingerprint density at radius 1 is 1.50 bits per heavy atom. The van der Waals surface area contributed by atoms with Crippen LogP contribution < -0.4 is 5.32 Å². The topological polar surface area (TPSA) is 44.8 Å². The third kappa shape index (κ3) is 3.29. The van der Waals surface area contributed by atoms with Crippen LogP contribution in [0.4, 0.5) is 4.79 Å². The van der Waals surface area contributed by atoms with E-state index in [9.17, 15) is 4.79 Å². The highest BCUT2D eigenvalue weighted by Crippen LogP contribution is 2.34. The fourth-order valence-electron chi connectivity index (χ4n) is 3.36. The van der Waals surface area contributed by atoms with E-state index < -0.39 is 0 Å². The van der Waals surface area contributed by atoms with Gasteiger partial charge in [-0.1, -0.05) is 0 Å². The first-order valence-corrected chi connectivity index (χ1v) is 8.74. The second-order valence-electron chi connectivity index (χ2n) is 6.60. The van der Waals surface area contributed by atoms with Crippen molar-refractivity contribution >= 4 is 17.4 Å². The van der Waals surface area contributed by atoms with E-state index in [0.29, 0.717) is 24.5 Å². The first-order valence-electron chi connectivity index (χ1n) is 7.86. The molecule has 5 nitrogen and oxygen atoms in total. The van der Waals surface area contributed by atoms with Gasteiger partial charge < -0.3 is 15.0 Å². The van der Waals surface area contributed by atoms with Gasteiger partial charge in [0.25, 0.3) is 0 Å². The lowest BCUT2D eigenvalue weighted by Crippen LogP contribution is -2.39. The summed E-state index contributed by atoms with van der Waals surface area (Å²) < 4.78 is 5.96. The van der Waals surface area contributed by atoms with E-state index in [0.717, 1.165) is 26.2 Å². The van der Waals surface area contributed by atoms with Crippen molar-refractivity contribution in [2.24, 2.45) is 11.8 Å². The highest BCUT2D eigenvalue weighted by molar-refractivity contribution is 7.10. The Labute approximate surface area is 136 Å². The standard InChI is InChI=1S/C16H25N3O2S/c1-11-4-5-22-15(11)9-19-7-13-12(10-21-14(13)8-19)6-17-16(20)18(2)3/h4-5,12-14H,6-10H2,1-3H3,(H,17,20)/t12-,13+,14+/m0/s1. The number of amides is 2. The molecule has 2 aliphatic heterocycles. The third-order valence-electron chi connectivity index (χ3n) is 4.77. The zero-order valence-electron chi connectivity index (χ0n) is 13.5. The minimum Gasteiger partial charge on any atom is -0.376 e. The van der Waals surface area contributed by atoms with Gasteiger partial charge in [-0.25, -0.2) is 4.79 Å². The molecule has 1 aromatic rings. The number of fused-ring (bicyclic) bond motifs is 1. The van der Waals surface area contributed by atoms with Gasteiger partial charge in [-0.15, -0.1) is 11.3 Å². The number of carbonyl (C=O) groups excluding carboxylic acids is 1. The van der Waals surface area contributed by atoms with Crippen molar-refractivity contribution in [3.8, 4) is 0 Å². The molecule has 0 aliphatic carbocycles. The number of hydrogen-bond acceptors (Lipinski definition) is 4. The van der Waals surface area contributed by atoms with Gasteiger partial charge in [-0.05, 0) is 23.9 Å². The van der Waals surface area contributed by atoms with Gasteiger partial charge >= 0.3 is 6.03 Å². The molecular weight excluding hydrogens is 298 g/mol. The number of nitrogens with zero attached hydrogens (tertiary/aromatic N) is 2. The van der Waals surface area contributed by atoms with Gasteiger partial charge in [0, 0.05) is 57.0 Å². The van der Waals surface area contributed by atoms with Gasteiger partial charge in [0.05, 0.1) is 12.7 Å². The molecule has 0 spiro atoms. The monoisotopic (exact) mass is 323 g/mol. The third-order valence-corrected chi connectivity index (χ3v) is 5.78. The number of hydrogen-bond donors (Lipinski definition) is 1. The second kappa shape index (κ2) is 6.56.